The summed E-state index contributed by atoms with van der Waals surface area (Å²) in [5.74, 6) is -0.183. The molecule has 1 aliphatic carbocycles. The lowest BCUT2D eigenvalue weighted by atomic mass is 9.68. The first-order valence-electron chi connectivity index (χ1n) is 7.74. The van der Waals surface area contributed by atoms with Gasteiger partial charge >= 0.3 is 0 Å². The van der Waals surface area contributed by atoms with E-state index in [4.69, 9.17) is 9.47 Å². The Bertz CT molecular complexity index is 529. The van der Waals surface area contributed by atoms with Crippen LogP contribution in [-0.2, 0) is 9.53 Å². The average Bonchev–Trinajstić information content (AvgIpc) is 2.44. The van der Waals surface area contributed by atoms with Gasteiger partial charge in [-0.25, -0.2) is 4.39 Å². The van der Waals surface area contributed by atoms with Crippen LogP contribution in [0.2, 0.25) is 0 Å². The third kappa shape index (κ3) is 3.40. The Morgan fingerprint density at radius 2 is 2.18 bits per heavy atom. The summed E-state index contributed by atoms with van der Waals surface area (Å²) in [4.78, 5) is 12.5. The first-order chi connectivity index (χ1) is 10.5. The summed E-state index contributed by atoms with van der Waals surface area (Å²) in [5, 5.41) is 2.98. The fourth-order valence-electron chi connectivity index (χ4n) is 2.81. The molecule has 1 N–H and O–H groups in total. The Morgan fingerprint density at radius 1 is 1.45 bits per heavy atom. The number of carbonyl (C=O) groups is 1. The topological polar surface area (TPSA) is 47.6 Å². The van der Waals surface area contributed by atoms with Crippen molar-refractivity contribution < 1.29 is 18.7 Å². The van der Waals surface area contributed by atoms with E-state index in [-0.39, 0.29) is 17.7 Å². The molecule has 0 heterocycles. The lowest BCUT2D eigenvalue weighted by Crippen LogP contribution is -2.49. The maximum absolute atomic E-state index is 13.9. The highest BCUT2D eigenvalue weighted by Gasteiger charge is 2.44. The summed E-state index contributed by atoms with van der Waals surface area (Å²) in [6.07, 6.45) is 2.73. The van der Waals surface area contributed by atoms with Gasteiger partial charge in [-0.3, -0.25) is 4.79 Å². The van der Waals surface area contributed by atoms with Gasteiger partial charge in [-0.05, 0) is 44.4 Å². The molecule has 1 fully saturated rings. The van der Waals surface area contributed by atoms with E-state index in [1.54, 1.807) is 19.2 Å². The number of amides is 1. The van der Waals surface area contributed by atoms with Crippen LogP contribution in [0.5, 0.6) is 5.75 Å². The van der Waals surface area contributed by atoms with Crippen LogP contribution in [0.15, 0.2) is 18.2 Å². The quantitative estimate of drug-likeness (QED) is 0.841. The van der Waals surface area contributed by atoms with Crippen molar-refractivity contribution in [3.8, 4) is 5.75 Å². The summed E-state index contributed by atoms with van der Waals surface area (Å²) in [5.41, 5.74) is 0.313. The second kappa shape index (κ2) is 7.09. The number of benzene rings is 1. The number of hydrogen-bond donors (Lipinski definition) is 1. The Hall–Kier alpha value is -1.62. The zero-order valence-corrected chi connectivity index (χ0v) is 13.4. The van der Waals surface area contributed by atoms with E-state index >= 15 is 0 Å². The lowest BCUT2D eigenvalue weighted by molar-refractivity contribution is -0.141. The van der Waals surface area contributed by atoms with Gasteiger partial charge in [0.05, 0.1) is 24.7 Å². The number of ether oxygens (including phenoxy) is 2. The highest BCUT2D eigenvalue weighted by Crippen LogP contribution is 2.41. The predicted octanol–water partition coefficient (Wildman–Crippen LogP) is 3.22. The number of hydrogen-bond acceptors (Lipinski definition) is 3. The highest BCUT2D eigenvalue weighted by molar-refractivity contribution is 5.84. The van der Waals surface area contributed by atoms with Crippen molar-refractivity contribution in [2.75, 3.05) is 20.3 Å². The molecule has 0 unspecified atom stereocenters. The summed E-state index contributed by atoms with van der Waals surface area (Å²) in [6, 6.07) is 4.54. The lowest BCUT2D eigenvalue weighted by Gasteiger charge is -2.40. The predicted molar refractivity (Wildman–Crippen MR) is 82.3 cm³/mol. The fraction of sp³-hybridized carbons (Fsp3) is 0.588. The van der Waals surface area contributed by atoms with Gasteiger partial charge in [-0.1, -0.05) is 12.5 Å². The van der Waals surface area contributed by atoms with Crippen LogP contribution in [0.1, 0.15) is 44.7 Å². The van der Waals surface area contributed by atoms with Crippen molar-refractivity contribution in [3.05, 3.63) is 29.6 Å². The molecule has 0 saturated heterocycles. The summed E-state index contributed by atoms with van der Waals surface area (Å²) in [7, 11) is 1.61. The number of halogens is 1. The highest BCUT2D eigenvalue weighted by atomic mass is 19.1. The van der Waals surface area contributed by atoms with Crippen molar-refractivity contribution in [3.63, 3.8) is 0 Å². The van der Waals surface area contributed by atoms with Crippen LogP contribution in [0.4, 0.5) is 4.39 Å². The van der Waals surface area contributed by atoms with Gasteiger partial charge in [-0.2, -0.15) is 0 Å². The Labute approximate surface area is 131 Å². The molecule has 1 atom stereocenters. The minimum Gasteiger partial charge on any atom is -0.491 e. The van der Waals surface area contributed by atoms with Gasteiger partial charge in [0.25, 0.3) is 0 Å². The summed E-state index contributed by atoms with van der Waals surface area (Å²) < 4.78 is 24.3. The second-order valence-corrected chi connectivity index (χ2v) is 5.88. The molecule has 0 spiro atoms. The zero-order chi connectivity index (χ0) is 16.2. The van der Waals surface area contributed by atoms with Crippen molar-refractivity contribution in [1.29, 1.82) is 0 Å². The molecule has 4 nitrogen and oxygen atoms in total. The van der Waals surface area contributed by atoms with Gasteiger partial charge in [0.15, 0.2) is 11.6 Å². The molecule has 0 aliphatic heterocycles. The van der Waals surface area contributed by atoms with Gasteiger partial charge in [0, 0.05) is 7.11 Å². The monoisotopic (exact) mass is 309 g/mol. The molecule has 2 rings (SSSR count). The van der Waals surface area contributed by atoms with Crippen molar-refractivity contribution in [2.24, 2.45) is 5.41 Å². The number of nitrogens with one attached hydrogen (secondary N) is 1. The van der Waals surface area contributed by atoms with Gasteiger partial charge in [0.1, 0.15) is 0 Å². The number of rotatable bonds is 7. The van der Waals surface area contributed by atoms with Crippen molar-refractivity contribution >= 4 is 5.91 Å². The Kier molecular flexibility index (Phi) is 5.40. The van der Waals surface area contributed by atoms with Crippen LogP contribution < -0.4 is 10.1 Å². The number of carbonyl (C=O) groups excluding carboxylic acids is 1. The molecule has 1 aliphatic rings. The average molecular weight is 309 g/mol. The van der Waals surface area contributed by atoms with Gasteiger partial charge in [-0.15, -0.1) is 0 Å². The van der Waals surface area contributed by atoms with Crippen molar-refractivity contribution in [1.82, 2.24) is 5.32 Å². The van der Waals surface area contributed by atoms with Crippen LogP contribution in [0.25, 0.3) is 0 Å². The Morgan fingerprint density at radius 3 is 2.68 bits per heavy atom. The molecule has 1 amide bonds. The summed E-state index contributed by atoms with van der Waals surface area (Å²) in [6.45, 7) is 4.52. The van der Waals surface area contributed by atoms with Crippen LogP contribution >= 0.6 is 0 Å². The summed E-state index contributed by atoms with van der Waals surface area (Å²) >= 11 is 0. The maximum Gasteiger partial charge on any atom is 0.229 e. The Balaban J connectivity index is 2.04. The van der Waals surface area contributed by atoms with E-state index in [0.29, 0.717) is 13.2 Å². The van der Waals surface area contributed by atoms with E-state index in [2.05, 4.69) is 5.32 Å². The largest absolute Gasteiger partial charge is 0.491 e. The molecule has 122 valence electrons. The fourth-order valence-corrected chi connectivity index (χ4v) is 2.81. The molecule has 0 aromatic heterocycles. The van der Waals surface area contributed by atoms with E-state index in [1.807, 2.05) is 13.8 Å². The molecule has 0 radical (unpaired) electrons. The van der Waals surface area contributed by atoms with E-state index in [1.165, 1.54) is 6.07 Å². The third-order valence-corrected chi connectivity index (χ3v) is 4.32. The van der Waals surface area contributed by atoms with E-state index in [0.717, 1.165) is 24.8 Å². The zero-order valence-electron chi connectivity index (χ0n) is 13.4. The molecule has 1 saturated carbocycles. The number of methoxy groups -OCH3 is 1. The SMILES string of the molecule is CCOc1ccc([C@H](C)NC(=O)C2(COC)CCC2)cc1F. The standard InChI is InChI=1S/C17H24FNO3/c1-4-22-15-7-6-13(10-14(15)18)12(2)19-16(20)17(11-21-3)8-5-9-17/h6-7,10,12H,4-5,8-9,11H2,1-3H3,(H,19,20)/t12-/m0/s1. The first-order valence-corrected chi connectivity index (χ1v) is 7.74. The van der Waals surface area contributed by atoms with Crippen LogP contribution in [0.3, 0.4) is 0 Å². The molecule has 5 heteroatoms. The molecular formula is C17H24FNO3. The normalized spacial score (nSPS) is 17.5. The molecular weight excluding hydrogens is 285 g/mol. The molecule has 1 aromatic carbocycles. The van der Waals surface area contributed by atoms with Gasteiger partial charge in [0.2, 0.25) is 5.91 Å². The first kappa shape index (κ1) is 16.7. The minimum atomic E-state index is -0.410. The molecule has 1 aromatic rings. The van der Waals surface area contributed by atoms with E-state index < -0.39 is 11.2 Å². The van der Waals surface area contributed by atoms with Crippen LogP contribution in [-0.4, -0.2) is 26.2 Å². The minimum absolute atomic E-state index is 0.0117. The van der Waals surface area contributed by atoms with Gasteiger partial charge < -0.3 is 14.8 Å². The van der Waals surface area contributed by atoms with Crippen LogP contribution in [0, 0.1) is 11.2 Å². The molecule has 0 bridgehead atoms. The van der Waals surface area contributed by atoms with Crippen molar-refractivity contribution in [2.45, 2.75) is 39.2 Å². The van der Waals surface area contributed by atoms with E-state index in [9.17, 15) is 9.18 Å². The molecule has 22 heavy (non-hydrogen) atoms. The maximum atomic E-state index is 13.9. The second-order valence-electron chi connectivity index (χ2n) is 5.88. The smallest absolute Gasteiger partial charge is 0.229 e. The third-order valence-electron chi connectivity index (χ3n) is 4.32.